The van der Waals surface area contributed by atoms with E-state index in [-0.39, 0.29) is 5.54 Å². The molecule has 2 heteroatoms. The van der Waals surface area contributed by atoms with Gasteiger partial charge in [0.2, 0.25) is 0 Å². The van der Waals surface area contributed by atoms with E-state index < -0.39 is 0 Å². The largest absolute Gasteiger partial charge is 0.377 e. The van der Waals surface area contributed by atoms with E-state index in [1.54, 1.807) is 0 Å². The lowest BCUT2D eigenvalue weighted by atomic mass is 10.1. The van der Waals surface area contributed by atoms with Crippen molar-refractivity contribution in [3.63, 3.8) is 0 Å². The average Bonchev–Trinajstić information content (AvgIpc) is 2.32. The summed E-state index contributed by atoms with van der Waals surface area (Å²) in [6, 6.07) is 0. The summed E-state index contributed by atoms with van der Waals surface area (Å²) in [4.78, 5) is 0. The summed E-state index contributed by atoms with van der Waals surface area (Å²) < 4.78 is 5.49. The molecule has 0 saturated carbocycles. The van der Waals surface area contributed by atoms with Gasteiger partial charge in [-0.15, -0.1) is 0 Å². The lowest BCUT2D eigenvalue weighted by Gasteiger charge is -2.22. The van der Waals surface area contributed by atoms with Crippen LogP contribution in [0.15, 0.2) is 0 Å². The minimum absolute atomic E-state index is 0.228. The summed E-state index contributed by atoms with van der Waals surface area (Å²) >= 11 is 0. The zero-order chi connectivity index (χ0) is 8.32. The summed E-state index contributed by atoms with van der Waals surface area (Å²) in [6.07, 6.45) is 2.92. The van der Waals surface area contributed by atoms with E-state index in [1.165, 1.54) is 12.8 Å². The molecule has 66 valence electrons. The third-order valence-corrected chi connectivity index (χ3v) is 1.88. The SMILES string of the molecule is CC(C)(C)NCC1CCCO1. The van der Waals surface area contributed by atoms with E-state index in [4.69, 9.17) is 4.74 Å². The van der Waals surface area contributed by atoms with Crippen molar-refractivity contribution in [3.8, 4) is 0 Å². The van der Waals surface area contributed by atoms with Gasteiger partial charge in [0.05, 0.1) is 6.10 Å². The van der Waals surface area contributed by atoms with E-state index in [2.05, 4.69) is 26.1 Å². The maximum absolute atomic E-state index is 5.49. The molecule has 1 atom stereocenters. The molecule has 1 aliphatic heterocycles. The Morgan fingerprint density at radius 1 is 1.45 bits per heavy atom. The molecule has 0 aromatic rings. The lowest BCUT2D eigenvalue weighted by Crippen LogP contribution is -2.40. The van der Waals surface area contributed by atoms with Gasteiger partial charge in [0, 0.05) is 18.7 Å². The third kappa shape index (κ3) is 3.73. The van der Waals surface area contributed by atoms with Gasteiger partial charge in [-0.25, -0.2) is 0 Å². The van der Waals surface area contributed by atoms with E-state index in [9.17, 15) is 0 Å². The predicted octanol–water partition coefficient (Wildman–Crippen LogP) is 1.55. The maximum atomic E-state index is 5.49. The fourth-order valence-corrected chi connectivity index (χ4v) is 1.23. The van der Waals surface area contributed by atoms with Crippen molar-refractivity contribution in [2.75, 3.05) is 13.2 Å². The van der Waals surface area contributed by atoms with Gasteiger partial charge in [0.15, 0.2) is 0 Å². The number of hydrogen-bond acceptors (Lipinski definition) is 2. The van der Waals surface area contributed by atoms with Gasteiger partial charge in [0.25, 0.3) is 0 Å². The molecule has 0 aromatic carbocycles. The van der Waals surface area contributed by atoms with Gasteiger partial charge in [-0.3, -0.25) is 0 Å². The molecule has 1 fully saturated rings. The summed E-state index contributed by atoms with van der Waals surface area (Å²) in [5.74, 6) is 0. The first-order valence-electron chi connectivity index (χ1n) is 4.44. The van der Waals surface area contributed by atoms with E-state index in [0.717, 1.165) is 13.2 Å². The standard InChI is InChI=1S/C9H19NO/c1-9(2,3)10-7-8-5-4-6-11-8/h8,10H,4-7H2,1-3H3. The Balaban J connectivity index is 2.11. The summed E-state index contributed by atoms with van der Waals surface area (Å²) in [5.41, 5.74) is 0.228. The van der Waals surface area contributed by atoms with Crippen LogP contribution in [0.2, 0.25) is 0 Å². The van der Waals surface area contributed by atoms with Crippen LogP contribution in [-0.4, -0.2) is 24.8 Å². The van der Waals surface area contributed by atoms with Gasteiger partial charge >= 0.3 is 0 Å². The minimum Gasteiger partial charge on any atom is -0.377 e. The van der Waals surface area contributed by atoms with Crippen LogP contribution in [0.4, 0.5) is 0 Å². The maximum Gasteiger partial charge on any atom is 0.0700 e. The molecule has 0 amide bonds. The highest BCUT2D eigenvalue weighted by Gasteiger charge is 2.17. The van der Waals surface area contributed by atoms with Crippen LogP contribution >= 0.6 is 0 Å². The van der Waals surface area contributed by atoms with Crippen LogP contribution in [0, 0.1) is 0 Å². The van der Waals surface area contributed by atoms with Crippen LogP contribution in [0.3, 0.4) is 0 Å². The summed E-state index contributed by atoms with van der Waals surface area (Å²) in [6.45, 7) is 8.51. The van der Waals surface area contributed by atoms with E-state index >= 15 is 0 Å². The fourth-order valence-electron chi connectivity index (χ4n) is 1.23. The Labute approximate surface area is 69.3 Å². The topological polar surface area (TPSA) is 21.3 Å². The molecule has 1 saturated heterocycles. The van der Waals surface area contributed by atoms with E-state index in [1.807, 2.05) is 0 Å². The number of rotatable bonds is 2. The molecule has 0 bridgehead atoms. The normalized spacial score (nSPS) is 25.9. The van der Waals surface area contributed by atoms with Crippen LogP contribution < -0.4 is 5.32 Å². The molecule has 1 aliphatic rings. The molecular weight excluding hydrogens is 138 g/mol. The highest BCUT2D eigenvalue weighted by Crippen LogP contribution is 2.11. The van der Waals surface area contributed by atoms with Gasteiger partial charge in [0.1, 0.15) is 0 Å². The van der Waals surface area contributed by atoms with Crippen molar-refractivity contribution in [1.29, 1.82) is 0 Å². The van der Waals surface area contributed by atoms with E-state index in [0.29, 0.717) is 6.10 Å². The molecule has 0 spiro atoms. The van der Waals surface area contributed by atoms with Gasteiger partial charge in [-0.1, -0.05) is 0 Å². The molecule has 1 unspecified atom stereocenters. The molecular formula is C9H19NO. The number of nitrogens with one attached hydrogen (secondary N) is 1. The Morgan fingerprint density at radius 2 is 2.18 bits per heavy atom. The number of hydrogen-bond donors (Lipinski definition) is 1. The smallest absolute Gasteiger partial charge is 0.0700 e. The second kappa shape index (κ2) is 3.55. The second-order valence-corrected chi connectivity index (χ2v) is 4.27. The Bertz CT molecular complexity index is 111. The highest BCUT2D eigenvalue weighted by molar-refractivity contribution is 4.75. The average molecular weight is 157 g/mol. The molecule has 1 N–H and O–H groups in total. The van der Waals surface area contributed by atoms with Crippen molar-refractivity contribution in [1.82, 2.24) is 5.32 Å². The highest BCUT2D eigenvalue weighted by atomic mass is 16.5. The number of ether oxygens (including phenoxy) is 1. The Kier molecular flexibility index (Phi) is 2.90. The Hall–Kier alpha value is -0.0800. The van der Waals surface area contributed by atoms with Crippen molar-refractivity contribution in [2.45, 2.75) is 45.3 Å². The molecule has 0 aliphatic carbocycles. The Morgan fingerprint density at radius 3 is 2.64 bits per heavy atom. The zero-order valence-corrected chi connectivity index (χ0v) is 7.81. The monoisotopic (exact) mass is 157 g/mol. The van der Waals surface area contributed by atoms with Gasteiger partial charge in [-0.2, -0.15) is 0 Å². The minimum atomic E-state index is 0.228. The molecule has 1 heterocycles. The summed E-state index contributed by atoms with van der Waals surface area (Å²) in [5, 5.41) is 3.44. The van der Waals surface area contributed by atoms with Crippen LogP contribution in [-0.2, 0) is 4.74 Å². The molecule has 2 nitrogen and oxygen atoms in total. The predicted molar refractivity (Wildman–Crippen MR) is 46.7 cm³/mol. The molecule has 0 aromatic heterocycles. The van der Waals surface area contributed by atoms with Crippen molar-refractivity contribution in [2.24, 2.45) is 0 Å². The van der Waals surface area contributed by atoms with Crippen LogP contribution in [0.1, 0.15) is 33.6 Å². The molecule has 11 heavy (non-hydrogen) atoms. The van der Waals surface area contributed by atoms with Crippen LogP contribution in [0.25, 0.3) is 0 Å². The van der Waals surface area contributed by atoms with Gasteiger partial charge in [-0.05, 0) is 33.6 Å². The van der Waals surface area contributed by atoms with Crippen molar-refractivity contribution in [3.05, 3.63) is 0 Å². The third-order valence-electron chi connectivity index (χ3n) is 1.88. The van der Waals surface area contributed by atoms with Crippen LogP contribution in [0.5, 0.6) is 0 Å². The lowest BCUT2D eigenvalue weighted by molar-refractivity contribution is 0.104. The molecule has 1 rings (SSSR count). The first kappa shape index (κ1) is 9.01. The van der Waals surface area contributed by atoms with Crippen molar-refractivity contribution < 1.29 is 4.74 Å². The fraction of sp³-hybridized carbons (Fsp3) is 1.00. The second-order valence-electron chi connectivity index (χ2n) is 4.27. The van der Waals surface area contributed by atoms with Crippen molar-refractivity contribution >= 4 is 0 Å². The summed E-state index contributed by atoms with van der Waals surface area (Å²) in [7, 11) is 0. The van der Waals surface area contributed by atoms with Gasteiger partial charge < -0.3 is 10.1 Å². The first-order valence-corrected chi connectivity index (χ1v) is 4.44. The first-order chi connectivity index (χ1) is 5.08. The quantitative estimate of drug-likeness (QED) is 0.656. The molecule has 0 radical (unpaired) electrons. The zero-order valence-electron chi connectivity index (χ0n) is 7.81.